The molecule has 7 heteroatoms. The Balaban J connectivity index is 1.84. The van der Waals surface area contributed by atoms with Gasteiger partial charge in [-0.1, -0.05) is 31.9 Å². The van der Waals surface area contributed by atoms with Gasteiger partial charge in [0.1, 0.15) is 11.4 Å². The smallest absolute Gasteiger partial charge is 0.189 e. The van der Waals surface area contributed by atoms with Crippen molar-refractivity contribution in [2.75, 3.05) is 7.11 Å². The van der Waals surface area contributed by atoms with Crippen molar-refractivity contribution in [3.05, 3.63) is 36.2 Å². The molecule has 0 aliphatic rings. The molecule has 1 aromatic carbocycles. The Kier molecular flexibility index (Phi) is 7.44. The maximum absolute atomic E-state index is 5.97. The summed E-state index contributed by atoms with van der Waals surface area (Å²) in [5, 5.41) is 11.5. The largest absolute Gasteiger partial charge is 0.497 e. The summed E-state index contributed by atoms with van der Waals surface area (Å²) >= 11 is 0. The highest BCUT2D eigenvalue weighted by Crippen LogP contribution is 2.14. The number of nitrogens with two attached hydrogens (primary N) is 1. The van der Waals surface area contributed by atoms with E-state index >= 15 is 0 Å². The number of hydrogen-bond acceptors (Lipinski definition) is 4. The third-order valence-corrected chi connectivity index (χ3v) is 4.10. The Labute approximate surface area is 155 Å². The number of guanidine groups is 1. The topological polar surface area (TPSA) is 90.3 Å². The van der Waals surface area contributed by atoms with Gasteiger partial charge in [0.15, 0.2) is 5.96 Å². The Morgan fingerprint density at radius 1 is 1.23 bits per heavy atom. The lowest BCUT2D eigenvalue weighted by molar-refractivity contribution is 0.414. The zero-order chi connectivity index (χ0) is 18.9. The van der Waals surface area contributed by atoms with Crippen LogP contribution in [0.3, 0.4) is 0 Å². The van der Waals surface area contributed by atoms with Crippen LogP contribution in [-0.4, -0.2) is 34.1 Å². The van der Waals surface area contributed by atoms with E-state index in [1.54, 1.807) is 11.8 Å². The number of aliphatic imine (C=N–C) groups is 1. The quantitative estimate of drug-likeness (QED) is 0.531. The average molecular weight is 358 g/mol. The summed E-state index contributed by atoms with van der Waals surface area (Å²) in [6.07, 6.45) is 5.36. The van der Waals surface area contributed by atoms with E-state index in [0.29, 0.717) is 18.5 Å². The van der Waals surface area contributed by atoms with E-state index in [1.807, 2.05) is 30.5 Å². The minimum atomic E-state index is 0.312. The van der Waals surface area contributed by atoms with Crippen molar-refractivity contribution in [3.8, 4) is 11.4 Å². The van der Waals surface area contributed by atoms with Crippen molar-refractivity contribution in [3.63, 3.8) is 0 Å². The van der Waals surface area contributed by atoms with E-state index in [-0.39, 0.29) is 0 Å². The van der Waals surface area contributed by atoms with Gasteiger partial charge in [0.05, 0.1) is 25.5 Å². The molecule has 0 saturated carbocycles. The Morgan fingerprint density at radius 3 is 2.62 bits per heavy atom. The molecule has 142 valence electrons. The predicted molar refractivity (Wildman–Crippen MR) is 105 cm³/mol. The third kappa shape index (κ3) is 6.38. The fraction of sp³-hybridized carbons (Fsp3) is 0.526. The van der Waals surface area contributed by atoms with Gasteiger partial charge in [-0.2, -0.15) is 0 Å². The minimum absolute atomic E-state index is 0.312. The van der Waals surface area contributed by atoms with Gasteiger partial charge in [0, 0.05) is 6.04 Å². The molecule has 7 nitrogen and oxygen atoms in total. The average Bonchev–Trinajstić information content (AvgIpc) is 3.08. The van der Waals surface area contributed by atoms with Crippen molar-refractivity contribution in [2.24, 2.45) is 16.6 Å². The molecule has 0 saturated heterocycles. The molecule has 0 fully saturated rings. The van der Waals surface area contributed by atoms with E-state index in [9.17, 15) is 0 Å². The Morgan fingerprint density at radius 2 is 1.96 bits per heavy atom. The first-order valence-corrected chi connectivity index (χ1v) is 9.10. The van der Waals surface area contributed by atoms with Crippen molar-refractivity contribution in [2.45, 2.75) is 52.6 Å². The molecule has 1 unspecified atom stereocenters. The fourth-order valence-electron chi connectivity index (χ4n) is 2.60. The molecule has 0 spiro atoms. The summed E-state index contributed by atoms with van der Waals surface area (Å²) in [6, 6.07) is 7.94. The SMILES string of the molecule is COc1ccc(-n2cc(CN=C(N)NC(C)CCCC(C)C)nn2)cc1. The van der Waals surface area contributed by atoms with Crippen LogP contribution in [0.25, 0.3) is 5.69 Å². The predicted octanol–water partition coefficient (Wildman–Crippen LogP) is 2.90. The number of nitrogens with zero attached hydrogens (tertiary/aromatic N) is 4. The number of aromatic nitrogens is 3. The zero-order valence-corrected chi connectivity index (χ0v) is 16.1. The second-order valence-corrected chi connectivity index (χ2v) is 6.92. The van der Waals surface area contributed by atoms with Crippen molar-refractivity contribution in [1.29, 1.82) is 0 Å². The first-order valence-electron chi connectivity index (χ1n) is 9.10. The first kappa shape index (κ1) is 19.8. The summed E-state index contributed by atoms with van der Waals surface area (Å²) in [5.41, 5.74) is 7.65. The van der Waals surface area contributed by atoms with Crippen LogP contribution in [0.1, 0.15) is 45.7 Å². The number of nitrogens with one attached hydrogen (secondary N) is 1. The number of methoxy groups -OCH3 is 1. The summed E-state index contributed by atoms with van der Waals surface area (Å²) in [5.74, 6) is 1.99. The standard InChI is InChI=1S/C19H30N6O/c1-14(2)6-5-7-15(3)22-19(20)21-12-16-13-25(24-23-16)17-8-10-18(26-4)11-9-17/h8-11,13-15H,5-7,12H2,1-4H3,(H3,20,21,22). The number of hydrogen-bond donors (Lipinski definition) is 2. The lowest BCUT2D eigenvalue weighted by Crippen LogP contribution is -2.38. The van der Waals surface area contributed by atoms with Crippen LogP contribution in [0.4, 0.5) is 0 Å². The van der Waals surface area contributed by atoms with Crippen molar-refractivity contribution < 1.29 is 4.74 Å². The summed E-state index contributed by atoms with van der Waals surface area (Å²) in [7, 11) is 1.64. The van der Waals surface area contributed by atoms with Gasteiger partial charge in [-0.05, 0) is 43.5 Å². The highest BCUT2D eigenvalue weighted by molar-refractivity contribution is 5.78. The summed E-state index contributed by atoms with van der Waals surface area (Å²) in [4.78, 5) is 4.36. The molecule has 0 aliphatic heterocycles. The third-order valence-electron chi connectivity index (χ3n) is 4.10. The fourth-order valence-corrected chi connectivity index (χ4v) is 2.60. The molecule has 0 amide bonds. The molecule has 26 heavy (non-hydrogen) atoms. The molecule has 1 heterocycles. The van der Waals surface area contributed by atoms with Crippen LogP contribution in [-0.2, 0) is 6.54 Å². The van der Waals surface area contributed by atoms with Crippen LogP contribution in [0.2, 0.25) is 0 Å². The number of ether oxygens (including phenoxy) is 1. The Bertz CT molecular complexity index is 692. The minimum Gasteiger partial charge on any atom is -0.497 e. The molecule has 1 atom stereocenters. The van der Waals surface area contributed by atoms with Gasteiger partial charge < -0.3 is 15.8 Å². The van der Waals surface area contributed by atoms with Gasteiger partial charge in [0.25, 0.3) is 0 Å². The lowest BCUT2D eigenvalue weighted by atomic mass is 10.0. The zero-order valence-electron chi connectivity index (χ0n) is 16.1. The normalized spacial score (nSPS) is 13.0. The second kappa shape index (κ2) is 9.79. The highest BCUT2D eigenvalue weighted by Gasteiger charge is 2.06. The maximum atomic E-state index is 5.97. The van der Waals surface area contributed by atoms with Gasteiger partial charge in [-0.25, -0.2) is 9.67 Å². The van der Waals surface area contributed by atoms with E-state index in [0.717, 1.165) is 29.5 Å². The van der Waals surface area contributed by atoms with Crippen molar-refractivity contribution >= 4 is 5.96 Å². The first-order chi connectivity index (χ1) is 12.5. The van der Waals surface area contributed by atoms with Crippen LogP contribution in [0.15, 0.2) is 35.5 Å². The summed E-state index contributed by atoms with van der Waals surface area (Å²) in [6.45, 7) is 7.01. The molecular weight excluding hydrogens is 328 g/mol. The summed E-state index contributed by atoms with van der Waals surface area (Å²) < 4.78 is 6.87. The number of benzene rings is 1. The second-order valence-electron chi connectivity index (χ2n) is 6.92. The molecular formula is C19H30N6O. The van der Waals surface area contributed by atoms with Crippen LogP contribution in [0, 0.1) is 5.92 Å². The molecule has 0 bridgehead atoms. The monoisotopic (exact) mass is 358 g/mol. The van der Waals surface area contributed by atoms with E-state index in [4.69, 9.17) is 10.5 Å². The molecule has 2 aromatic rings. The van der Waals surface area contributed by atoms with Crippen LogP contribution in [0.5, 0.6) is 5.75 Å². The van der Waals surface area contributed by atoms with Gasteiger partial charge in [0.2, 0.25) is 0 Å². The lowest BCUT2D eigenvalue weighted by Gasteiger charge is -2.14. The van der Waals surface area contributed by atoms with Crippen LogP contribution < -0.4 is 15.8 Å². The van der Waals surface area contributed by atoms with Crippen LogP contribution >= 0.6 is 0 Å². The van der Waals surface area contributed by atoms with Gasteiger partial charge in [-0.15, -0.1) is 5.10 Å². The van der Waals surface area contributed by atoms with E-state index in [1.165, 1.54) is 12.8 Å². The van der Waals surface area contributed by atoms with E-state index in [2.05, 4.69) is 41.4 Å². The molecule has 0 aliphatic carbocycles. The maximum Gasteiger partial charge on any atom is 0.189 e. The molecule has 1 aromatic heterocycles. The molecule has 3 N–H and O–H groups in total. The van der Waals surface area contributed by atoms with E-state index < -0.39 is 0 Å². The molecule has 2 rings (SSSR count). The highest BCUT2D eigenvalue weighted by atomic mass is 16.5. The molecule has 0 radical (unpaired) electrons. The Hall–Kier alpha value is -2.57. The number of rotatable bonds is 9. The van der Waals surface area contributed by atoms with Crippen molar-refractivity contribution in [1.82, 2.24) is 20.3 Å². The van der Waals surface area contributed by atoms with Gasteiger partial charge in [-0.3, -0.25) is 0 Å². The van der Waals surface area contributed by atoms with Gasteiger partial charge >= 0.3 is 0 Å².